The maximum absolute atomic E-state index is 11.9. The Labute approximate surface area is 91.1 Å². The number of hydrogen-bond donors (Lipinski definition) is 1. The Balaban J connectivity index is 2.50. The molecule has 15 heavy (non-hydrogen) atoms. The van der Waals surface area contributed by atoms with Crippen molar-refractivity contribution in [3.8, 4) is 0 Å². The summed E-state index contributed by atoms with van der Waals surface area (Å²) in [6.07, 6.45) is -4.17. The quantitative estimate of drug-likeness (QED) is 0.797. The van der Waals surface area contributed by atoms with Crippen molar-refractivity contribution in [1.82, 2.24) is 0 Å². The summed E-state index contributed by atoms with van der Waals surface area (Å²) < 4.78 is 35.6. The van der Waals surface area contributed by atoms with Gasteiger partial charge in [0.05, 0.1) is 0 Å². The standard InChI is InChI=1S/C10H12F3NS/c1-2-15-9-5-3-8(4-6-9)14-7-10(11,12)13/h3-6,14H,2,7H2,1H3. The lowest BCUT2D eigenvalue weighted by molar-refractivity contribution is -0.115. The SMILES string of the molecule is CCSc1ccc(NCC(F)(F)F)cc1. The highest BCUT2D eigenvalue weighted by Gasteiger charge is 2.26. The van der Waals surface area contributed by atoms with E-state index in [2.05, 4.69) is 5.32 Å². The maximum Gasteiger partial charge on any atom is 0.405 e. The minimum Gasteiger partial charge on any atom is -0.376 e. The first-order valence-electron chi connectivity index (χ1n) is 4.55. The number of thioether (sulfide) groups is 1. The molecule has 0 aliphatic carbocycles. The molecule has 0 aliphatic rings. The fourth-order valence-electron chi connectivity index (χ4n) is 1.04. The Hall–Kier alpha value is -0.840. The summed E-state index contributed by atoms with van der Waals surface area (Å²) in [6, 6.07) is 6.94. The average molecular weight is 235 g/mol. The molecular formula is C10H12F3NS. The Bertz CT molecular complexity index is 295. The van der Waals surface area contributed by atoms with E-state index in [1.54, 1.807) is 23.9 Å². The highest BCUT2D eigenvalue weighted by molar-refractivity contribution is 7.99. The monoisotopic (exact) mass is 235 g/mol. The first-order chi connectivity index (χ1) is 7.01. The molecular weight excluding hydrogens is 223 g/mol. The summed E-state index contributed by atoms with van der Waals surface area (Å²) in [5.41, 5.74) is 0.493. The predicted molar refractivity (Wildman–Crippen MR) is 57.4 cm³/mol. The molecule has 1 nitrogen and oxygen atoms in total. The van der Waals surface area contributed by atoms with Crippen LogP contribution in [0.2, 0.25) is 0 Å². The van der Waals surface area contributed by atoms with Gasteiger partial charge in [-0.2, -0.15) is 13.2 Å². The second-order valence-corrected chi connectivity index (χ2v) is 4.26. The van der Waals surface area contributed by atoms with Gasteiger partial charge in [-0.1, -0.05) is 6.92 Å². The summed E-state index contributed by atoms with van der Waals surface area (Å²) >= 11 is 1.66. The van der Waals surface area contributed by atoms with Gasteiger partial charge in [-0.3, -0.25) is 0 Å². The smallest absolute Gasteiger partial charge is 0.376 e. The molecule has 0 amide bonds. The van der Waals surface area contributed by atoms with Crippen molar-refractivity contribution in [2.75, 3.05) is 17.6 Å². The second kappa shape index (κ2) is 5.30. The van der Waals surface area contributed by atoms with Gasteiger partial charge in [0.1, 0.15) is 6.54 Å². The molecule has 0 aliphatic heterocycles. The van der Waals surface area contributed by atoms with E-state index in [1.807, 2.05) is 19.1 Å². The zero-order valence-electron chi connectivity index (χ0n) is 8.27. The minimum atomic E-state index is -4.17. The average Bonchev–Trinajstić information content (AvgIpc) is 2.16. The van der Waals surface area contributed by atoms with Crippen molar-refractivity contribution >= 4 is 17.4 Å². The summed E-state index contributed by atoms with van der Waals surface area (Å²) in [7, 11) is 0. The van der Waals surface area contributed by atoms with Crippen molar-refractivity contribution in [3.63, 3.8) is 0 Å². The number of halogens is 3. The molecule has 0 spiro atoms. The number of anilines is 1. The molecule has 0 unspecified atom stereocenters. The van der Waals surface area contributed by atoms with Gasteiger partial charge in [0.2, 0.25) is 0 Å². The second-order valence-electron chi connectivity index (χ2n) is 2.93. The van der Waals surface area contributed by atoms with Gasteiger partial charge in [-0.05, 0) is 30.0 Å². The molecule has 5 heteroatoms. The van der Waals surface area contributed by atoms with Crippen molar-refractivity contribution in [1.29, 1.82) is 0 Å². The van der Waals surface area contributed by atoms with E-state index in [4.69, 9.17) is 0 Å². The first-order valence-corrected chi connectivity index (χ1v) is 5.53. The maximum atomic E-state index is 11.9. The Morgan fingerprint density at radius 3 is 2.27 bits per heavy atom. The van der Waals surface area contributed by atoms with Crippen LogP contribution in [0.1, 0.15) is 6.92 Å². The highest BCUT2D eigenvalue weighted by atomic mass is 32.2. The Morgan fingerprint density at radius 2 is 1.80 bits per heavy atom. The molecule has 1 aromatic carbocycles. The summed E-state index contributed by atoms with van der Waals surface area (Å²) in [5, 5.41) is 2.32. The number of nitrogens with one attached hydrogen (secondary N) is 1. The minimum absolute atomic E-state index is 0.493. The van der Waals surface area contributed by atoms with Crippen LogP contribution in [0.4, 0.5) is 18.9 Å². The largest absolute Gasteiger partial charge is 0.405 e. The Morgan fingerprint density at radius 1 is 1.20 bits per heavy atom. The van der Waals surface area contributed by atoms with Gasteiger partial charge < -0.3 is 5.32 Å². The van der Waals surface area contributed by atoms with Crippen LogP contribution in [-0.2, 0) is 0 Å². The fraction of sp³-hybridized carbons (Fsp3) is 0.400. The fourth-order valence-corrected chi connectivity index (χ4v) is 1.70. The highest BCUT2D eigenvalue weighted by Crippen LogP contribution is 2.21. The number of benzene rings is 1. The van der Waals surface area contributed by atoms with Crippen molar-refractivity contribution in [3.05, 3.63) is 24.3 Å². The van der Waals surface area contributed by atoms with E-state index >= 15 is 0 Å². The summed E-state index contributed by atoms with van der Waals surface area (Å²) in [5.74, 6) is 0.954. The molecule has 1 N–H and O–H groups in total. The molecule has 0 aromatic heterocycles. The number of alkyl halides is 3. The zero-order chi connectivity index (χ0) is 11.3. The van der Waals surface area contributed by atoms with Crippen LogP contribution < -0.4 is 5.32 Å². The molecule has 0 heterocycles. The molecule has 0 fully saturated rings. The third-order valence-corrected chi connectivity index (χ3v) is 2.55. The van der Waals surface area contributed by atoms with Gasteiger partial charge in [-0.25, -0.2) is 0 Å². The van der Waals surface area contributed by atoms with Crippen molar-refractivity contribution in [2.24, 2.45) is 0 Å². The normalized spacial score (nSPS) is 11.5. The summed E-state index contributed by atoms with van der Waals surface area (Å²) in [4.78, 5) is 1.06. The molecule has 0 saturated heterocycles. The van der Waals surface area contributed by atoms with E-state index in [0.29, 0.717) is 5.69 Å². The zero-order valence-corrected chi connectivity index (χ0v) is 9.08. The molecule has 0 atom stereocenters. The van der Waals surface area contributed by atoms with E-state index in [-0.39, 0.29) is 0 Å². The van der Waals surface area contributed by atoms with Crippen LogP contribution in [0.3, 0.4) is 0 Å². The predicted octanol–water partition coefficient (Wildman–Crippen LogP) is 3.77. The van der Waals surface area contributed by atoms with Crippen molar-refractivity contribution in [2.45, 2.75) is 18.0 Å². The third kappa shape index (κ3) is 4.97. The van der Waals surface area contributed by atoms with E-state index < -0.39 is 12.7 Å². The third-order valence-electron chi connectivity index (χ3n) is 1.66. The van der Waals surface area contributed by atoms with Crippen molar-refractivity contribution < 1.29 is 13.2 Å². The first kappa shape index (κ1) is 12.2. The van der Waals surface area contributed by atoms with Gasteiger partial charge >= 0.3 is 6.18 Å². The van der Waals surface area contributed by atoms with Crippen LogP contribution in [0.5, 0.6) is 0 Å². The molecule has 0 radical (unpaired) electrons. The molecule has 1 rings (SSSR count). The lowest BCUT2D eigenvalue weighted by Gasteiger charge is -2.09. The number of rotatable bonds is 4. The Kier molecular flexibility index (Phi) is 4.32. The van der Waals surface area contributed by atoms with Gasteiger partial charge in [-0.15, -0.1) is 11.8 Å². The lowest BCUT2D eigenvalue weighted by atomic mass is 10.3. The van der Waals surface area contributed by atoms with E-state index in [9.17, 15) is 13.2 Å². The van der Waals surface area contributed by atoms with Crippen LogP contribution in [0, 0.1) is 0 Å². The molecule has 1 aromatic rings. The van der Waals surface area contributed by atoms with Crippen LogP contribution in [-0.4, -0.2) is 18.5 Å². The van der Waals surface area contributed by atoms with E-state index in [0.717, 1.165) is 10.6 Å². The lowest BCUT2D eigenvalue weighted by Crippen LogP contribution is -2.21. The molecule has 84 valence electrons. The molecule has 0 saturated carbocycles. The van der Waals surface area contributed by atoms with Crippen LogP contribution in [0.15, 0.2) is 29.2 Å². The van der Waals surface area contributed by atoms with Crippen LogP contribution >= 0.6 is 11.8 Å². The summed E-state index contributed by atoms with van der Waals surface area (Å²) in [6.45, 7) is 1.04. The van der Waals surface area contributed by atoms with E-state index in [1.165, 1.54) is 0 Å². The number of hydrogen-bond acceptors (Lipinski definition) is 2. The topological polar surface area (TPSA) is 12.0 Å². The van der Waals surface area contributed by atoms with Gasteiger partial charge in [0, 0.05) is 10.6 Å². The molecule has 0 bridgehead atoms. The van der Waals surface area contributed by atoms with Crippen LogP contribution in [0.25, 0.3) is 0 Å². The van der Waals surface area contributed by atoms with Gasteiger partial charge in [0.15, 0.2) is 0 Å². The van der Waals surface area contributed by atoms with Gasteiger partial charge in [0.25, 0.3) is 0 Å².